The van der Waals surface area contributed by atoms with Gasteiger partial charge in [0, 0.05) is 29.7 Å². The second kappa shape index (κ2) is 7.95. The molecule has 0 radical (unpaired) electrons. The van der Waals surface area contributed by atoms with E-state index in [1.165, 1.54) is 13.0 Å². The van der Waals surface area contributed by atoms with Gasteiger partial charge in [-0.2, -0.15) is 0 Å². The van der Waals surface area contributed by atoms with Gasteiger partial charge in [-0.15, -0.1) is 0 Å². The van der Waals surface area contributed by atoms with Crippen LogP contribution in [0.1, 0.15) is 18.1 Å². The first-order valence-corrected chi connectivity index (χ1v) is 9.64. The van der Waals surface area contributed by atoms with Crippen LogP contribution in [0, 0.1) is 0 Å². The highest BCUT2D eigenvalue weighted by molar-refractivity contribution is 5.72. The van der Waals surface area contributed by atoms with Crippen LogP contribution in [0.15, 0.2) is 30.0 Å². The van der Waals surface area contributed by atoms with E-state index in [-0.39, 0.29) is 46.3 Å². The Bertz CT molecular complexity index is 1060. The summed E-state index contributed by atoms with van der Waals surface area (Å²) in [5.41, 5.74) is 0.285. The highest BCUT2D eigenvalue weighted by atomic mass is 16.7. The Morgan fingerprint density at radius 2 is 1.50 bits per heavy atom. The predicted octanol–water partition coefficient (Wildman–Crippen LogP) is 0.362. The molecule has 4 rings (SSSR count). The number of hydrogen-bond donors (Lipinski definition) is 8. The third-order valence-electron chi connectivity index (χ3n) is 5.37. The van der Waals surface area contributed by atoms with E-state index in [0.29, 0.717) is 0 Å². The monoisotopic (exact) mass is 450 g/mol. The molecule has 1 saturated heterocycles. The highest BCUT2D eigenvalue weighted by Gasteiger charge is 2.44. The van der Waals surface area contributed by atoms with E-state index in [2.05, 4.69) is 0 Å². The zero-order valence-corrected chi connectivity index (χ0v) is 16.7. The second-order valence-corrected chi connectivity index (χ2v) is 7.64. The summed E-state index contributed by atoms with van der Waals surface area (Å²) >= 11 is 0. The Balaban J connectivity index is 1.79. The summed E-state index contributed by atoms with van der Waals surface area (Å²) in [4.78, 5) is 0. The SMILES string of the molecule is CC1OC(OC2=C(c3cc(O)c(O)c(O)c3)Oc3cc(O)cc(O)c3C2)C(O)C(O)C1O. The maximum Gasteiger partial charge on any atom is 0.228 e. The maximum absolute atomic E-state index is 10.3. The summed E-state index contributed by atoms with van der Waals surface area (Å²) < 4.78 is 17.0. The minimum absolute atomic E-state index is 0.0252. The van der Waals surface area contributed by atoms with Gasteiger partial charge in [-0.05, 0) is 19.1 Å². The lowest BCUT2D eigenvalue weighted by Crippen LogP contribution is -2.57. The van der Waals surface area contributed by atoms with E-state index in [1.54, 1.807) is 0 Å². The quantitative estimate of drug-likeness (QED) is 0.301. The summed E-state index contributed by atoms with van der Waals surface area (Å²) in [5.74, 6) is -2.68. The van der Waals surface area contributed by atoms with Crippen LogP contribution in [-0.2, 0) is 15.9 Å². The van der Waals surface area contributed by atoms with Gasteiger partial charge in [-0.25, -0.2) is 0 Å². The molecule has 2 aliphatic rings. The van der Waals surface area contributed by atoms with Crippen LogP contribution < -0.4 is 4.74 Å². The van der Waals surface area contributed by atoms with Gasteiger partial charge in [-0.3, -0.25) is 0 Å². The molecular weight excluding hydrogens is 428 g/mol. The van der Waals surface area contributed by atoms with Gasteiger partial charge in [-0.1, -0.05) is 0 Å². The molecule has 2 heterocycles. The summed E-state index contributed by atoms with van der Waals surface area (Å²) in [6.45, 7) is 1.47. The van der Waals surface area contributed by atoms with E-state index in [1.807, 2.05) is 0 Å². The fourth-order valence-electron chi connectivity index (χ4n) is 3.59. The zero-order chi connectivity index (χ0) is 23.3. The molecule has 0 aliphatic carbocycles. The van der Waals surface area contributed by atoms with Gasteiger partial charge in [0.15, 0.2) is 23.0 Å². The lowest BCUT2D eigenvalue weighted by Gasteiger charge is -2.39. The first kappa shape index (κ1) is 21.8. The van der Waals surface area contributed by atoms with Crippen LogP contribution in [0.2, 0.25) is 0 Å². The highest BCUT2D eigenvalue weighted by Crippen LogP contribution is 2.45. The third kappa shape index (κ3) is 3.71. The molecule has 2 aromatic carbocycles. The van der Waals surface area contributed by atoms with Crippen molar-refractivity contribution in [2.45, 2.75) is 44.1 Å². The lowest BCUT2D eigenvalue weighted by atomic mass is 9.99. The number of hydrogen-bond acceptors (Lipinski definition) is 11. The molecule has 32 heavy (non-hydrogen) atoms. The van der Waals surface area contributed by atoms with E-state index in [0.717, 1.165) is 18.2 Å². The number of aliphatic hydroxyl groups excluding tert-OH is 3. The number of aliphatic hydroxyl groups is 3. The van der Waals surface area contributed by atoms with E-state index >= 15 is 0 Å². The van der Waals surface area contributed by atoms with Crippen LogP contribution in [0.5, 0.6) is 34.5 Å². The molecule has 0 amide bonds. The first-order valence-electron chi connectivity index (χ1n) is 9.64. The van der Waals surface area contributed by atoms with Gasteiger partial charge in [0.2, 0.25) is 6.29 Å². The number of phenols is 5. The molecule has 5 atom stereocenters. The van der Waals surface area contributed by atoms with Crippen molar-refractivity contribution in [3.05, 3.63) is 41.2 Å². The maximum atomic E-state index is 10.3. The molecular formula is C21H22O11. The molecule has 8 N–H and O–H groups in total. The van der Waals surface area contributed by atoms with Crippen LogP contribution in [0.4, 0.5) is 0 Å². The van der Waals surface area contributed by atoms with Crippen molar-refractivity contribution in [2.24, 2.45) is 0 Å². The molecule has 0 aromatic heterocycles. The topological polar surface area (TPSA) is 190 Å². The van der Waals surface area contributed by atoms with Crippen LogP contribution >= 0.6 is 0 Å². The third-order valence-corrected chi connectivity index (χ3v) is 5.37. The smallest absolute Gasteiger partial charge is 0.228 e. The molecule has 0 spiro atoms. The number of rotatable bonds is 3. The second-order valence-electron chi connectivity index (χ2n) is 7.64. The van der Waals surface area contributed by atoms with Crippen molar-refractivity contribution >= 4 is 5.76 Å². The largest absolute Gasteiger partial charge is 0.508 e. The van der Waals surface area contributed by atoms with Crippen molar-refractivity contribution < 1.29 is 55.1 Å². The Morgan fingerprint density at radius 1 is 0.844 bits per heavy atom. The minimum atomic E-state index is -1.63. The number of ether oxygens (including phenoxy) is 3. The molecule has 5 unspecified atom stereocenters. The number of phenolic OH excluding ortho intramolecular Hbond substituents is 5. The Kier molecular flexibility index (Phi) is 5.42. The fourth-order valence-corrected chi connectivity index (χ4v) is 3.59. The summed E-state index contributed by atoms with van der Waals surface area (Å²) in [6, 6.07) is 4.50. The van der Waals surface area contributed by atoms with Gasteiger partial charge < -0.3 is 55.1 Å². The molecule has 172 valence electrons. The van der Waals surface area contributed by atoms with Gasteiger partial charge in [0.1, 0.15) is 41.3 Å². The van der Waals surface area contributed by atoms with Crippen molar-refractivity contribution in [1.82, 2.24) is 0 Å². The average Bonchev–Trinajstić information content (AvgIpc) is 2.73. The number of aromatic hydroxyl groups is 5. The van der Waals surface area contributed by atoms with Crippen LogP contribution in [0.25, 0.3) is 5.76 Å². The summed E-state index contributed by atoms with van der Waals surface area (Å²) in [6.07, 6.45) is -6.98. The van der Waals surface area contributed by atoms with Gasteiger partial charge >= 0.3 is 0 Å². The van der Waals surface area contributed by atoms with Crippen molar-refractivity contribution in [3.8, 4) is 34.5 Å². The molecule has 0 bridgehead atoms. The number of allylic oxidation sites excluding steroid dienone is 1. The van der Waals surface area contributed by atoms with E-state index in [9.17, 15) is 40.9 Å². The Labute approximate surface area is 181 Å². The van der Waals surface area contributed by atoms with E-state index in [4.69, 9.17) is 14.2 Å². The number of fused-ring (bicyclic) bond motifs is 1. The molecule has 0 saturated carbocycles. The first-order chi connectivity index (χ1) is 15.1. The number of benzene rings is 2. The van der Waals surface area contributed by atoms with Crippen LogP contribution in [0.3, 0.4) is 0 Å². The lowest BCUT2D eigenvalue weighted by molar-refractivity contribution is -0.283. The Morgan fingerprint density at radius 3 is 2.16 bits per heavy atom. The van der Waals surface area contributed by atoms with Crippen LogP contribution in [-0.4, -0.2) is 71.6 Å². The molecule has 1 fully saturated rings. The zero-order valence-electron chi connectivity index (χ0n) is 16.7. The molecule has 2 aromatic rings. The average molecular weight is 450 g/mol. The van der Waals surface area contributed by atoms with Crippen molar-refractivity contribution in [1.29, 1.82) is 0 Å². The molecule has 2 aliphatic heterocycles. The standard InChI is InChI=1S/C21H22O11/c1-7-16(26)18(28)19(29)21(30-7)32-15-6-10-11(23)4-9(22)5-14(10)31-20(15)8-2-12(24)17(27)13(25)3-8/h2-5,7,16,18-19,21-29H,6H2,1H3. The summed E-state index contributed by atoms with van der Waals surface area (Å²) in [7, 11) is 0. The van der Waals surface area contributed by atoms with E-state index < -0.39 is 48.0 Å². The van der Waals surface area contributed by atoms with Gasteiger partial charge in [0.25, 0.3) is 0 Å². The molecule has 11 heteroatoms. The normalized spacial score (nSPS) is 27.6. The van der Waals surface area contributed by atoms with Gasteiger partial charge in [0.05, 0.1) is 6.10 Å². The summed E-state index contributed by atoms with van der Waals surface area (Å²) in [5, 5.41) is 79.7. The van der Waals surface area contributed by atoms with Crippen molar-refractivity contribution in [2.75, 3.05) is 0 Å². The predicted molar refractivity (Wildman–Crippen MR) is 106 cm³/mol. The Hall–Kier alpha value is -3.38. The fraction of sp³-hybridized carbons (Fsp3) is 0.333. The minimum Gasteiger partial charge on any atom is -0.508 e. The van der Waals surface area contributed by atoms with Crippen molar-refractivity contribution in [3.63, 3.8) is 0 Å². The molecule has 11 nitrogen and oxygen atoms in total.